The summed E-state index contributed by atoms with van der Waals surface area (Å²) in [6.07, 6.45) is 2.44. The van der Waals surface area contributed by atoms with Crippen LogP contribution in [0.1, 0.15) is 25.2 Å². The first-order valence-corrected chi connectivity index (χ1v) is 6.58. The van der Waals surface area contributed by atoms with Gasteiger partial charge >= 0.3 is 0 Å². The first-order valence-electron chi connectivity index (χ1n) is 6.58. The summed E-state index contributed by atoms with van der Waals surface area (Å²) < 4.78 is 5.41. The van der Waals surface area contributed by atoms with Gasteiger partial charge in [-0.05, 0) is 31.4 Å². The normalized spacial score (nSPS) is 16.5. The Hall–Kier alpha value is -2.21. The Kier molecular flexibility index (Phi) is 3.02. The maximum atomic E-state index is 12.2. The summed E-state index contributed by atoms with van der Waals surface area (Å²) >= 11 is 0. The van der Waals surface area contributed by atoms with E-state index in [2.05, 4.69) is 15.5 Å². The number of aryl methyl sites for hydroxylation is 1. The highest BCUT2D eigenvalue weighted by Crippen LogP contribution is 2.32. The number of benzene rings is 1. The van der Waals surface area contributed by atoms with Gasteiger partial charge in [0, 0.05) is 6.92 Å². The lowest BCUT2D eigenvalue weighted by molar-refractivity contribution is -0.123. The second-order valence-electron chi connectivity index (χ2n) is 5.14. The third-order valence-electron chi connectivity index (χ3n) is 3.63. The maximum Gasteiger partial charge on any atom is 0.249 e. The molecule has 6 heteroatoms. The Morgan fingerprint density at radius 1 is 1.35 bits per heavy atom. The van der Waals surface area contributed by atoms with Crippen LogP contribution in [-0.4, -0.2) is 21.6 Å². The molecule has 0 atom stereocenters. The van der Waals surface area contributed by atoms with Gasteiger partial charge in [-0.1, -0.05) is 12.1 Å². The molecule has 1 saturated carbocycles. The topological polar surface area (TPSA) is 94.0 Å². The molecule has 0 saturated heterocycles. The Labute approximate surface area is 116 Å². The molecule has 3 N–H and O–H groups in total. The number of amides is 1. The van der Waals surface area contributed by atoms with Crippen molar-refractivity contribution in [1.29, 1.82) is 0 Å². The number of nitrogens with two attached hydrogens (primary N) is 1. The van der Waals surface area contributed by atoms with Gasteiger partial charge in [0.2, 0.25) is 17.7 Å². The molecule has 1 aliphatic rings. The number of para-hydroxylation sites is 1. The molecular formula is C14H16N4O2. The fourth-order valence-corrected chi connectivity index (χ4v) is 2.22. The molecule has 1 amide bonds. The average molecular weight is 272 g/mol. The van der Waals surface area contributed by atoms with E-state index in [0.717, 1.165) is 19.3 Å². The van der Waals surface area contributed by atoms with Crippen LogP contribution < -0.4 is 11.1 Å². The zero-order valence-corrected chi connectivity index (χ0v) is 11.2. The average Bonchev–Trinajstić information content (AvgIpc) is 2.83. The maximum absolute atomic E-state index is 12.2. The molecule has 3 rings (SSSR count). The molecule has 1 fully saturated rings. The number of nitrogens with zero attached hydrogens (tertiary/aromatic N) is 2. The third-order valence-corrected chi connectivity index (χ3v) is 3.63. The van der Waals surface area contributed by atoms with Crippen molar-refractivity contribution in [3.05, 3.63) is 30.2 Å². The second-order valence-corrected chi connectivity index (χ2v) is 5.14. The summed E-state index contributed by atoms with van der Waals surface area (Å²) in [7, 11) is 0. The molecule has 2 aromatic rings. The SMILES string of the molecule is Cc1nnc(-c2ccccc2NC(=O)C2(N)CCC2)o1. The summed E-state index contributed by atoms with van der Waals surface area (Å²) in [5.41, 5.74) is 6.62. The summed E-state index contributed by atoms with van der Waals surface area (Å²) in [5, 5.41) is 10.7. The molecule has 20 heavy (non-hydrogen) atoms. The number of hydrogen-bond acceptors (Lipinski definition) is 5. The van der Waals surface area contributed by atoms with Gasteiger partial charge in [0.25, 0.3) is 0 Å². The summed E-state index contributed by atoms with van der Waals surface area (Å²) in [5.74, 6) is 0.709. The van der Waals surface area contributed by atoms with Crippen LogP contribution in [0.25, 0.3) is 11.5 Å². The molecule has 0 unspecified atom stereocenters. The predicted octanol–water partition coefficient (Wildman–Crippen LogP) is 1.86. The van der Waals surface area contributed by atoms with E-state index in [0.29, 0.717) is 23.0 Å². The second kappa shape index (κ2) is 4.72. The molecule has 0 spiro atoms. The van der Waals surface area contributed by atoms with Gasteiger partial charge in [-0.3, -0.25) is 4.79 Å². The van der Waals surface area contributed by atoms with E-state index >= 15 is 0 Å². The van der Waals surface area contributed by atoms with Crippen molar-refractivity contribution >= 4 is 11.6 Å². The van der Waals surface area contributed by atoms with E-state index in [-0.39, 0.29) is 5.91 Å². The molecular weight excluding hydrogens is 256 g/mol. The number of carbonyl (C=O) groups is 1. The summed E-state index contributed by atoms with van der Waals surface area (Å²) in [6, 6.07) is 7.32. The van der Waals surface area contributed by atoms with Crippen LogP contribution in [0.3, 0.4) is 0 Å². The van der Waals surface area contributed by atoms with E-state index < -0.39 is 5.54 Å². The zero-order valence-electron chi connectivity index (χ0n) is 11.2. The number of rotatable bonds is 3. The number of anilines is 1. The third kappa shape index (κ3) is 2.18. The van der Waals surface area contributed by atoms with E-state index in [1.807, 2.05) is 18.2 Å². The van der Waals surface area contributed by atoms with Crippen LogP contribution in [0.4, 0.5) is 5.69 Å². The van der Waals surface area contributed by atoms with Crippen LogP contribution in [-0.2, 0) is 4.79 Å². The number of carbonyl (C=O) groups excluding carboxylic acids is 1. The van der Waals surface area contributed by atoms with Gasteiger partial charge < -0.3 is 15.5 Å². The van der Waals surface area contributed by atoms with E-state index in [4.69, 9.17) is 10.2 Å². The Balaban J connectivity index is 1.88. The van der Waals surface area contributed by atoms with Crippen molar-refractivity contribution in [3.8, 4) is 11.5 Å². The molecule has 104 valence electrons. The highest BCUT2D eigenvalue weighted by Gasteiger charge is 2.40. The molecule has 1 aliphatic carbocycles. The van der Waals surface area contributed by atoms with Crippen molar-refractivity contribution in [1.82, 2.24) is 10.2 Å². The Morgan fingerprint density at radius 2 is 2.10 bits per heavy atom. The Morgan fingerprint density at radius 3 is 2.70 bits per heavy atom. The first kappa shape index (κ1) is 12.8. The lowest BCUT2D eigenvalue weighted by Crippen LogP contribution is -2.56. The molecule has 0 aliphatic heterocycles. The molecule has 1 aromatic heterocycles. The smallest absolute Gasteiger partial charge is 0.249 e. The van der Waals surface area contributed by atoms with Crippen LogP contribution in [0.2, 0.25) is 0 Å². The molecule has 6 nitrogen and oxygen atoms in total. The lowest BCUT2D eigenvalue weighted by atomic mass is 9.77. The number of aromatic nitrogens is 2. The minimum absolute atomic E-state index is 0.160. The standard InChI is InChI=1S/C14H16N4O2/c1-9-17-18-12(20-9)10-5-2-3-6-11(10)16-13(19)14(15)7-4-8-14/h2-3,5-6H,4,7-8,15H2,1H3,(H,16,19). The van der Waals surface area contributed by atoms with Crippen molar-refractivity contribution in [2.75, 3.05) is 5.32 Å². The minimum Gasteiger partial charge on any atom is -0.421 e. The highest BCUT2D eigenvalue weighted by molar-refractivity contribution is 6.01. The highest BCUT2D eigenvalue weighted by atomic mass is 16.4. The minimum atomic E-state index is -0.738. The fourth-order valence-electron chi connectivity index (χ4n) is 2.22. The van der Waals surface area contributed by atoms with Crippen molar-refractivity contribution < 1.29 is 9.21 Å². The predicted molar refractivity (Wildman–Crippen MR) is 73.9 cm³/mol. The van der Waals surface area contributed by atoms with Gasteiger partial charge in [0.1, 0.15) is 0 Å². The Bertz CT molecular complexity index is 646. The van der Waals surface area contributed by atoms with Gasteiger partial charge in [-0.15, -0.1) is 10.2 Å². The van der Waals surface area contributed by atoms with Gasteiger partial charge in [-0.2, -0.15) is 0 Å². The van der Waals surface area contributed by atoms with Crippen molar-refractivity contribution in [2.45, 2.75) is 31.7 Å². The van der Waals surface area contributed by atoms with Gasteiger partial charge in [-0.25, -0.2) is 0 Å². The summed E-state index contributed by atoms with van der Waals surface area (Å²) in [4.78, 5) is 12.2. The quantitative estimate of drug-likeness (QED) is 0.889. The number of nitrogens with one attached hydrogen (secondary N) is 1. The first-order chi connectivity index (χ1) is 9.58. The van der Waals surface area contributed by atoms with E-state index in [1.54, 1.807) is 13.0 Å². The lowest BCUT2D eigenvalue weighted by Gasteiger charge is -2.36. The van der Waals surface area contributed by atoms with Gasteiger partial charge in [0.15, 0.2) is 0 Å². The van der Waals surface area contributed by atoms with E-state index in [9.17, 15) is 4.79 Å². The van der Waals surface area contributed by atoms with Crippen LogP contribution in [0.15, 0.2) is 28.7 Å². The van der Waals surface area contributed by atoms with Crippen molar-refractivity contribution in [3.63, 3.8) is 0 Å². The molecule has 0 radical (unpaired) electrons. The molecule has 1 aromatic carbocycles. The molecule has 0 bridgehead atoms. The van der Waals surface area contributed by atoms with Gasteiger partial charge in [0.05, 0.1) is 16.8 Å². The van der Waals surface area contributed by atoms with Crippen LogP contribution >= 0.6 is 0 Å². The number of hydrogen-bond donors (Lipinski definition) is 2. The van der Waals surface area contributed by atoms with Crippen LogP contribution in [0, 0.1) is 6.92 Å². The molecule has 1 heterocycles. The zero-order chi connectivity index (χ0) is 14.2. The van der Waals surface area contributed by atoms with E-state index in [1.165, 1.54) is 0 Å². The largest absolute Gasteiger partial charge is 0.421 e. The monoisotopic (exact) mass is 272 g/mol. The summed E-state index contributed by atoms with van der Waals surface area (Å²) in [6.45, 7) is 1.72. The van der Waals surface area contributed by atoms with Crippen molar-refractivity contribution in [2.24, 2.45) is 5.73 Å². The fraction of sp³-hybridized carbons (Fsp3) is 0.357. The van der Waals surface area contributed by atoms with Crippen LogP contribution in [0.5, 0.6) is 0 Å².